The number of nitrogens with zero attached hydrogens (tertiary/aromatic N) is 5. The summed E-state index contributed by atoms with van der Waals surface area (Å²) in [5, 5.41) is 4.40. The minimum atomic E-state index is 0.0845. The lowest BCUT2D eigenvalue weighted by molar-refractivity contribution is 0.324. The lowest BCUT2D eigenvalue weighted by atomic mass is 10.1. The molecule has 3 fully saturated rings. The molecule has 3 aliphatic heterocycles. The van der Waals surface area contributed by atoms with Gasteiger partial charge in [0.2, 0.25) is 0 Å². The highest BCUT2D eigenvalue weighted by Crippen LogP contribution is 2.25. The van der Waals surface area contributed by atoms with Crippen LogP contribution in [0.25, 0.3) is 11.0 Å². The van der Waals surface area contributed by atoms with Crippen LogP contribution in [0, 0.1) is 6.92 Å². The van der Waals surface area contributed by atoms with Crippen molar-refractivity contribution in [1.82, 2.24) is 19.4 Å². The van der Waals surface area contributed by atoms with Crippen LogP contribution in [0.4, 0.5) is 11.6 Å². The Morgan fingerprint density at radius 2 is 1.45 bits per heavy atom. The summed E-state index contributed by atoms with van der Waals surface area (Å²) in [5.74, 6) is 1.96. The number of pyridine rings is 2. The van der Waals surface area contributed by atoms with Gasteiger partial charge in [-0.1, -0.05) is 0 Å². The molecule has 0 aromatic carbocycles. The van der Waals surface area contributed by atoms with Crippen molar-refractivity contribution in [3.8, 4) is 0 Å². The zero-order valence-electron chi connectivity index (χ0n) is 20.3. The first-order valence-electron chi connectivity index (χ1n) is 13.2. The molecule has 2 aromatic heterocycles. The number of aryl methyl sites for hydroxylation is 1. The summed E-state index contributed by atoms with van der Waals surface area (Å²) in [6, 6.07) is 3.94. The maximum absolute atomic E-state index is 13.2. The highest BCUT2D eigenvalue weighted by Gasteiger charge is 2.20. The Balaban J connectivity index is 1.48. The van der Waals surface area contributed by atoms with Crippen LogP contribution in [0.5, 0.6) is 0 Å². The molecule has 3 aliphatic rings. The van der Waals surface area contributed by atoms with Crippen LogP contribution in [-0.4, -0.2) is 78.3 Å². The lowest BCUT2D eigenvalue weighted by Crippen LogP contribution is -2.31. The van der Waals surface area contributed by atoms with Gasteiger partial charge in [-0.05, 0) is 89.7 Å². The minimum Gasteiger partial charge on any atom is -0.370 e. The van der Waals surface area contributed by atoms with Crippen molar-refractivity contribution in [1.29, 1.82) is 0 Å². The molecule has 5 rings (SSSR count). The van der Waals surface area contributed by atoms with Gasteiger partial charge in [-0.15, -0.1) is 0 Å². The molecule has 3 saturated heterocycles. The summed E-state index contributed by atoms with van der Waals surface area (Å²) in [6.45, 7) is 12.7. The molecule has 7 nitrogen and oxygen atoms in total. The van der Waals surface area contributed by atoms with E-state index in [9.17, 15) is 4.79 Å². The van der Waals surface area contributed by atoms with Crippen LogP contribution in [0.3, 0.4) is 0 Å². The molecular formula is C26H40N6O. The largest absolute Gasteiger partial charge is 0.370 e. The molecule has 2 aromatic rings. The van der Waals surface area contributed by atoms with Crippen LogP contribution >= 0.6 is 0 Å². The molecule has 0 unspecified atom stereocenters. The van der Waals surface area contributed by atoms with E-state index in [0.717, 1.165) is 67.5 Å². The number of rotatable bonds is 8. The van der Waals surface area contributed by atoms with E-state index in [4.69, 9.17) is 4.98 Å². The second-order valence-electron chi connectivity index (χ2n) is 10.1. The fraction of sp³-hybridized carbons (Fsp3) is 0.692. The fourth-order valence-corrected chi connectivity index (χ4v) is 5.78. The molecule has 1 N–H and O–H groups in total. The van der Waals surface area contributed by atoms with E-state index in [2.05, 4.69) is 37.6 Å². The Bertz CT molecular complexity index is 1000. The van der Waals surface area contributed by atoms with Crippen molar-refractivity contribution in [2.75, 3.05) is 69.1 Å². The predicted molar refractivity (Wildman–Crippen MR) is 137 cm³/mol. The second-order valence-corrected chi connectivity index (χ2v) is 10.1. The maximum Gasteiger partial charge on any atom is 0.193 e. The molecule has 0 amide bonds. The average Bonchev–Trinajstić information content (AvgIpc) is 3.53. The summed E-state index contributed by atoms with van der Waals surface area (Å²) in [5.41, 5.74) is 1.98. The Kier molecular flexibility index (Phi) is 7.16. The van der Waals surface area contributed by atoms with Crippen molar-refractivity contribution in [2.45, 2.75) is 58.4 Å². The van der Waals surface area contributed by atoms with Crippen molar-refractivity contribution in [3.05, 3.63) is 27.9 Å². The number of nitrogens with one attached hydrogen (secondary N) is 1. The van der Waals surface area contributed by atoms with Gasteiger partial charge in [0.05, 0.1) is 5.39 Å². The number of hydrogen-bond donors (Lipinski definition) is 1. The van der Waals surface area contributed by atoms with Crippen LogP contribution in [0.2, 0.25) is 0 Å². The van der Waals surface area contributed by atoms with E-state index in [1.165, 1.54) is 71.1 Å². The normalized spacial score (nSPS) is 20.2. The summed E-state index contributed by atoms with van der Waals surface area (Å²) in [6.07, 6.45) is 8.94. The molecule has 180 valence electrons. The molecule has 0 radical (unpaired) electrons. The van der Waals surface area contributed by atoms with Gasteiger partial charge in [-0.2, -0.15) is 0 Å². The summed E-state index contributed by atoms with van der Waals surface area (Å²) < 4.78 is 2.29. The Labute approximate surface area is 197 Å². The van der Waals surface area contributed by atoms with Crippen molar-refractivity contribution < 1.29 is 0 Å². The third-order valence-corrected chi connectivity index (χ3v) is 7.70. The van der Waals surface area contributed by atoms with E-state index in [1.54, 1.807) is 0 Å². The molecule has 0 spiro atoms. The van der Waals surface area contributed by atoms with Gasteiger partial charge in [0, 0.05) is 45.3 Å². The summed E-state index contributed by atoms with van der Waals surface area (Å²) in [4.78, 5) is 25.8. The SMILES string of the molecule is Cc1cc(N2CCCCC2)nc2c1c(=O)cc(NCCN1CCCC1)n2CCN1CCCC1. The third kappa shape index (κ3) is 5.19. The van der Waals surface area contributed by atoms with Gasteiger partial charge >= 0.3 is 0 Å². The monoisotopic (exact) mass is 452 g/mol. The van der Waals surface area contributed by atoms with E-state index in [-0.39, 0.29) is 5.43 Å². The lowest BCUT2D eigenvalue weighted by Gasteiger charge is -2.29. The van der Waals surface area contributed by atoms with E-state index in [1.807, 2.05) is 6.07 Å². The number of anilines is 2. The van der Waals surface area contributed by atoms with Gasteiger partial charge < -0.3 is 24.6 Å². The van der Waals surface area contributed by atoms with Crippen LogP contribution in [0.1, 0.15) is 50.5 Å². The van der Waals surface area contributed by atoms with Gasteiger partial charge in [0.1, 0.15) is 17.3 Å². The molecule has 33 heavy (non-hydrogen) atoms. The standard InChI is InChI=1S/C26H40N6O/c1-21-19-24(31-14-3-2-4-15-31)28-26-25(21)22(33)20-23(27-9-16-29-10-5-6-11-29)32(26)18-17-30-12-7-8-13-30/h19-20,27H,2-18H2,1H3. The number of likely N-dealkylation sites (tertiary alicyclic amines) is 2. The number of hydrogen-bond acceptors (Lipinski definition) is 6. The van der Waals surface area contributed by atoms with Gasteiger partial charge in [-0.3, -0.25) is 4.79 Å². The molecule has 0 aliphatic carbocycles. The zero-order valence-corrected chi connectivity index (χ0v) is 20.3. The Morgan fingerprint density at radius 3 is 2.15 bits per heavy atom. The number of aromatic nitrogens is 2. The summed E-state index contributed by atoms with van der Waals surface area (Å²) >= 11 is 0. The van der Waals surface area contributed by atoms with Crippen molar-refractivity contribution >= 4 is 22.7 Å². The highest BCUT2D eigenvalue weighted by atomic mass is 16.1. The minimum absolute atomic E-state index is 0.0845. The summed E-state index contributed by atoms with van der Waals surface area (Å²) in [7, 11) is 0. The molecule has 0 saturated carbocycles. The van der Waals surface area contributed by atoms with E-state index >= 15 is 0 Å². The van der Waals surface area contributed by atoms with E-state index in [0.29, 0.717) is 0 Å². The third-order valence-electron chi connectivity index (χ3n) is 7.70. The second kappa shape index (κ2) is 10.4. The van der Waals surface area contributed by atoms with Gasteiger partial charge in [0.15, 0.2) is 5.43 Å². The Hall–Kier alpha value is -2.12. The van der Waals surface area contributed by atoms with Crippen LogP contribution in [0.15, 0.2) is 16.9 Å². The number of piperidine rings is 1. The highest BCUT2D eigenvalue weighted by molar-refractivity contribution is 5.83. The zero-order chi connectivity index (χ0) is 22.6. The maximum atomic E-state index is 13.2. The predicted octanol–water partition coefficient (Wildman–Crippen LogP) is 3.30. The van der Waals surface area contributed by atoms with Crippen LogP contribution in [-0.2, 0) is 6.54 Å². The fourth-order valence-electron chi connectivity index (χ4n) is 5.78. The molecule has 0 atom stereocenters. The first-order valence-corrected chi connectivity index (χ1v) is 13.2. The Morgan fingerprint density at radius 1 is 0.818 bits per heavy atom. The van der Waals surface area contributed by atoms with E-state index < -0.39 is 0 Å². The molecule has 7 heteroatoms. The smallest absolute Gasteiger partial charge is 0.193 e. The van der Waals surface area contributed by atoms with Gasteiger partial charge in [-0.25, -0.2) is 4.98 Å². The topological polar surface area (TPSA) is 56.6 Å². The first kappa shape index (κ1) is 22.7. The van der Waals surface area contributed by atoms with Crippen LogP contribution < -0.4 is 15.6 Å². The molecular weight excluding hydrogens is 412 g/mol. The molecule has 0 bridgehead atoms. The quantitative estimate of drug-likeness (QED) is 0.663. The van der Waals surface area contributed by atoms with Crippen molar-refractivity contribution in [2.24, 2.45) is 0 Å². The van der Waals surface area contributed by atoms with Gasteiger partial charge in [0.25, 0.3) is 0 Å². The average molecular weight is 453 g/mol. The number of fused-ring (bicyclic) bond motifs is 1. The first-order chi connectivity index (χ1) is 16.2. The molecule has 5 heterocycles. The van der Waals surface area contributed by atoms with Crippen molar-refractivity contribution in [3.63, 3.8) is 0 Å².